The van der Waals surface area contributed by atoms with Crippen LogP contribution in [0.25, 0.3) is 11.1 Å². The van der Waals surface area contributed by atoms with Crippen LogP contribution in [0.2, 0.25) is 0 Å². The third kappa shape index (κ3) is 8.11. The summed E-state index contributed by atoms with van der Waals surface area (Å²) >= 11 is 0. The summed E-state index contributed by atoms with van der Waals surface area (Å²) in [6.07, 6.45) is 12.5. The number of aromatic nitrogens is 3. The number of amides is 2. The summed E-state index contributed by atoms with van der Waals surface area (Å²) in [7, 11) is 5.80. The lowest BCUT2D eigenvalue weighted by atomic mass is 9.78. The number of ether oxygens (including phenoxy) is 2. The second kappa shape index (κ2) is 15.3. The molecule has 0 radical (unpaired) electrons. The summed E-state index contributed by atoms with van der Waals surface area (Å²) in [4.78, 5) is 37.8. The average molecular weight is 671 g/mol. The van der Waals surface area contributed by atoms with Gasteiger partial charge in [0.2, 0.25) is 5.91 Å². The Balaban J connectivity index is 1.13. The van der Waals surface area contributed by atoms with E-state index in [2.05, 4.69) is 55.2 Å². The quantitative estimate of drug-likeness (QED) is 0.227. The molecular formula is C39H54N6O4. The predicted octanol–water partition coefficient (Wildman–Crippen LogP) is 7.09. The van der Waals surface area contributed by atoms with E-state index in [0.29, 0.717) is 69.0 Å². The number of methoxy groups -OCH3 is 1. The molecule has 0 atom stereocenters. The molecule has 264 valence electrons. The molecule has 2 amide bonds. The maximum Gasteiger partial charge on any atom is 0.410 e. The maximum atomic E-state index is 14.4. The summed E-state index contributed by atoms with van der Waals surface area (Å²) in [6, 6.07) is 11.3. The molecule has 1 aromatic carbocycles. The Morgan fingerprint density at radius 3 is 2.33 bits per heavy atom. The lowest BCUT2D eigenvalue weighted by Gasteiger charge is -2.42. The molecule has 3 heterocycles. The van der Waals surface area contributed by atoms with Crippen LogP contribution in [0.1, 0.15) is 88.3 Å². The fourth-order valence-electron chi connectivity index (χ4n) is 7.70. The zero-order valence-corrected chi connectivity index (χ0v) is 30.2. The highest BCUT2D eigenvalue weighted by Crippen LogP contribution is 2.39. The van der Waals surface area contributed by atoms with Gasteiger partial charge in [0.1, 0.15) is 17.7 Å². The van der Waals surface area contributed by atoms with Crippen LogP contribution in [0.15, 0.2) is 48.9 Å². The highest BCUT2D eigenvalue weighted by atomic mass is 16.6. The Bertz CT molecular complexity index is 1580. The van der Waals surface area contributed by atoms with Gasteiger partial charge in [-0.3, -0.25) is 14.4 Å². The number of carbonyl (C=O) groups is 2. The predicted molar refractivity (Wildman–Crippen MR) is 192 cm³/mol. The summed E-state index contributed by atoms with van der Waals surface area (Å²) < 4.78 is 13.3. The van der Waals surface area contributed by atoms with E-state index in [0.717, 1.165) is 42.6 Å². The van der Waals surface area contributed by atoms with Gasteiger partial charge >= 0.3 is 6.09 Å². The first-order chi connectivity index (χ1) is 23.6. The molecule has 6 rings (SSSR count). The number of pyridine rings is 1. The minimum absolute atomic E-state index is 0.121. The fourth-order valence-corrected chi connectivity index (χ4v) is 7.70. The Morgan fingerprint density at radius 1 is 0.959 bits per heavy atom. The Morgan fingerprint density at radius 2 is 1.69 bits per heavy atom. The Labute approximate surface area is 291 Å². The molecule has 2 aromatic heterocycles. The first-order valence-electron chi connectivity index (χ1n) is 18.2. The number of hydrogen-bond donors (Lipinski definition) is 0. The molecule has 0 N–H and O–H groups in total. The monoisotopic (exact) mass is 670 g/mol. The number of hydrogen-bond acceptors (Lipinski definition) is 7. The highest BCUT2D eigenvalue weighted by Gasteiger charge is 2.37. The van der Waals surface area contributed by atoms with Gasteiger partial charge in [-0.2, -0.15) is 5.10 Å². The van der Waals surface area contributed by atoms with E-state index in [-0.39, 0.29) is 30.1 Å². The lowest BCUT2D eigenvalue weighted by molar-refractivity contribution is -0.124. The summed E-state index contributed by atoms with van der Waals surface area (Å²) in [5.74, 6) is 2.57. The first-order valence-corrected chi connectivity index (χ1v) is 18.2. The van der Waals surface area contributed by atoms with E-state index in [9.17, 15) is 9.59 Å². The van der Waals surface area contributed by atoms with Crippen LogP contribution in [0, 0.1) is 18.8 Å². The normalized spacial score (nSPS) is 23.0. The average Bonchev–Trinajstić information content (AvgIpc) is 3.58. The van der Waals surface area contributed by atoms with Crippen molar-refractivity contribution in [2.75, 3.05) is 45.7 Å². The SMILES string of the molecule is COc1ccc(C2CCC(CN(C(=O)C3CCC(OC(=O)N4CC(N(C)C)C4)CC3)c3cc(-c4cnn(C(C)C)c4)ccn3)CC2)cc1C. The molecule has 3 aromatic rings. The van der Waals surface area contributed by atoms with E-state index in [1.54, 1.807) is 12.0 Å². The van der Waals surface area contributed by atoms with E-state index < -0.39 is 0 Å². The lowest BCUT2D eigenvalue weighted by Crippen LogP contribution is -2.59. The van der Waals surface area contributed by atoms with Crippen molar-refractivity contribution < 1.29 is 19.1 Å². The maximum absolute atomic E-state index is 14.4. The molecule has 49 heavy (non-hydrogen) atoms. The molecule has 10 heteroatoms. The van der Waals surface area contributed by atoms with Gasteiger partial charge in [-0.1, -0.05) is 12.1 Å². The molecular weight excluding hydrogens is 616 g/mol. The fraction of sp³-hybridized carbons (Fsp3) is 0.590. The Hall–Kier alpha value is -3.92. The van der Waals surface area contributed by atoms with Gasteiger partial charge in [0.05, 0.1) is 13.3 Å². The number of benzene rings is 1. The minimum Gasteiger partial charge on any atom is -0.496 e. The van der Waals surface area contributed by atoms with Crippen molar-refractivity contribution in [3.8, 4) is 16.9 Å². The molecule has 0 spiro atoms. The first kappa shape index (κ1) is 34.9. The minimum atomic E-state index is -0.225. The van der Waals surface area contributed by atoms with Crippen LogP contribution >= 0.6 is 0 Å². The van der Waals surface area contributed by atoms with Crippen LogP contribution in [-0.4, -0.2) is 89.5 Å². The summed E-state index contributed by atoms with van der Waals surface area (Å²) in [5, 5.41) is 4.54. The van der Waals surface area contributed by atoms with Crippen LogP contribution in [0.5, 0.6) is 5.75 Å². The van der Waals surface area contributed by atoms with Crippen molar-refractivity contribution in [2.45, 2.75) is 96.2 Å². The molecule has 3 aliphatic rings. The van der Waals surface area contributed by atoms with E-state index in [1.807, 2.05) is 48.2 Å². The number of anilines is 1. The van der Waals surface area contributed by atoms with E-state index in [4.69, 9.17) is 14.5 Å². The molecule has 0 unspecified atom stereocenters. The van der Waals surface area contributed by atoms with E-state index >= 15 is 0 Å². The number of likely N-dealkylation sites (tertiary alicyclic amines) is 1. The number of aryl methyl sites for hydroxylation is 1. The molecule has 0 bridgehead atoms. The van der Waals surface area contributed by atoms with Gasteiger partial charge in [-0.15, -0.1) is 0 Å². The van der Waals surface area contributed by atoms with Crippen molar-refractivity contribution in [2.24, 2.45) is 11.8 Å². The molecule has 3 fully saturated rings. The number of likely N-dealkylation sites (N-methyl/N-ethyl adjacent to an activating group) is 1. The molecule has 1 saturated heterocycles. The third-order valence-corrected chi connectivity index (χ3v) is 11.1. The van der Waals surface area contributed by atoms with E-state index in [1.165, 1.54) is 11.1 Å². The Kier molecular flexibility index (Phi) is 10.9. The molecule has 2 saturated carbocycles. The van der Waals surface area contributed by atoms with Gasteiger partial charge in [0.25, 0.3) is 0 Å². The van der Waals surface area contributed by atoms with Gasteiger partial charge in [0, 0.05) is 55.6 Å². The largest absolute Gasteiger partial charge is 0.496 e. The van der Waals surface area contributed by atoms with Crippen molar-refractivity contribution in [3.63, 3.8) is 0 Å². The second-order valence-corrected chi connectivity index (χ2v) is 15.0. The zero-order valence-electron chi connectivity index (χ0n) is 30.2. The number of rotatable bonds is 10. The van der Waals surface area contributed by atoms with Gasteiger partial charge in [-0.25, -0.2) is 9.78 Å². The van der Waals surface area contributed by atoms with Crippen LogP contribution in [0.3, 0.4) is 0 Å². The van der Waals surface area contributed by atoms with Gasteiger partial charge in [0.15, 0.2) is 0 Å². The van der Waals surface area contributed by atoms with Crippen molar-refractivity contribution in [3.05, 3.63) is 60.0 Å². The number of carbonyl (C=O) groups excluding carboxylic acids is 2. The zero-order chi connectivity index (χ0) is 34.7. The highest BCUT2D eigenvalue weighted by molar-refractivity contribution is 5.94. The van der Waals surface area contributed by atoms with Gasteiger partial charge in [-0.05, 0) is 133 Å². The van der Waals surface area contributed by atoms with Crippen molar-refractivity contribution >= 4 is 17.8 Å². The van der Waals surface area contributed by atoms with Crippen molar-refractivity contribution in [1.29, 1.82) is 0 Å². The molecule has 10 nitrogen and oxygen atoms in total. The van der Waals surface area contributed by atoms with Crippen LogP contribution in [-0.2, 0) is 9.53 Å². The molecule has 2 aliphatic carbocycles. The topological polar surface area (TPSA) is 93.0 Å². The van der Waals surface area contributed by atoms with Crippen molar-refractivity contribution in [1.82, 2.24) is 24.6 Å². The standard InChI is InChI=1S/C39H54N6O4/c1-26(2)45-23-33(21-41-45)32-17-18-40-37(20-32)44(22-28-7-9-29(10-8-28)31-13-16-36(48-6)27(3)19-31)38(46)30-11-14-35(15-12-30)49-39(47)43-24-34(25-43)42(4)5/h13,16-21,23,26,28-30,34-35H,7-12,14-15,22,24-25H2,1-6H3. The second-order valence-electron chi connectivity index (χ2n) is 15.0. The third-order valence-electron chi connectivity index (χ3n) is 11.1. The van der Waals surface area contributed by atoms with Crippen LogP contribution in [0.4, 0.5) is 10.6 Å². The summed E-state index contributed by atoms with van der Waals surface area (Å²) in [5.41, 5.74) is 4.57. The smallest absolute Gasteiger partial charge is 0.410 e. The summed E-state index contributed by atoms with van der Waals surface area (Å²) in [6.45, 7) is 8.41. The van der Waals surface area contributed by atoms with Gasteiger partial charge < -0.3 is 19.3 Å². The van der Waals surface area contributed by atoms with Crippen LogP contribution < -0.4 is 9.64 Å². The molecule has 1 aliphatic heterocycles. The number of nitrogens with zero attached hydrogens (tertiary/aromatic N) is 6.